The Morgan fingerprint density at radius 2 is 1.56 bits per heavy atom. The topological polar surface area (TPSA) is 225 Å². The largest absolute Gasteiger partial charge is 0.507 e. The van der Waals surface area contributed by atoms with Crippen LogP contribution in [0.2, 0.25) is 0 Å². The number of carbonyl (C=O) groups is 3. The molecule has 7 N–H and O–H groups in total. The van der Waals surface area contributed by atoms with E-state index in [2.05, 4.69) is 0 Å². The second-order valence-corrected chi connectivity index (χ2v) is 12.8. The van der Waals surface area contributed by atoms with Gasteiger partial charge in [-0.3, -0.25) is 14.4 Å². The molecule has 2 aliphatic carbocycles. The smallest absolute Gasteiger partial charge is 0.202 e. The molecule has 2 heterocycles. The molecule has 10 atom stereocenters. The van der Waals surface area contributed by atoms with E-state index in [1.807, 2.05) is 0 Å². The van der Waals surface area contributed by atoms with Crippen LogP contribution in [-0.2, 0) is 30.2 Å². The van der Waals surface area contributed by atoms with Gasteiger partial charge in [0.15, 0.2) is 24.1 Å². The number of nitrogens with two attached hydrogens (primary N) is 1. The number of fused-ring (bicyclic) bond motifs is 3. The van der Waals surface area contributed by atoms with Crippen molar-refractivity contribution < 1.29 is 63.6 Å². The maximum absolute atomic E-state index is 13.8. The molecule has 0 aromatic heterocycles. The maximum Gasteiger partial charge on any atom is 0.202 e. The van der Waals surface area contributed by atoms with Gasteiger partial charge in [-0.05, 0) is 26.8 Å². The molecule has 0 bridgehead atoms. The van der Waals surface area contributed by atoms with Crippen molar-refractivity contribution in [3.8, 4) is 17.2 Å². The molecule has 2 fully saturated rings. The number of halogens is 1. The summed E-state index contributed by atoms with van der Waals surface area (Å²) in [6.07, 6.45) is -8.41. The molecule has 2 aromatic carbocycles. The van der Waals surface area contributed by atoms with E-state index in [1.54, 1.807) is 13.8 Å². The van der Waals surface area contributed by atoms with Gasteiger partial charge in [-0.15, -0.1) is 12.4 Å². The molecule has 262 valence electrons. The lowest BCUT2D eigenvalue weighted by Gasteiger charge is -2.44. The van der Waals surface area contributed by atoms with Gasteiger partial charge in [0.25, 0.3) is 0 Å². The van der Waals surface area contributed by atoms with E-state index in [-0.39, 0.29) is 59.7 Å². The first-order chi connectivity index (χ1) is 22.2. The Bertz CT molecular complexity index is 1620. The zero-order valence-electron chi connectivity index (χ0n) is 26.7. The summed E-state index contributed by atoms with van der Waals surface area (Å²) >= 11 is 0. The lowest BCUT2D eigenvalue weighted by Crippen LogP contribution is -2.55. The minimum absolute atomic E-state index is 0. The Morgan fingerprint density at radius 3 is 2.19 bits per heavy atom. The SMILES string of the molecule is COc1cccc2c1C(=O)c1c(O)c3c(c(O)c1C2=O)C[C@@](O)(C(C)=O)CC3OC1CC(OC2CC(N)C(O)C(C)O2)C(O)C(C)O1.Cl. The number of ether oxygens (including phenoxy) is 5. The highest BCUT2D eigenvalue weighted by Crippen LogP contribution is 2.52. The van der Waals surface area contributed by atoms with Crippen LogP contribution in [-0.4, -0.2) is 105 Å². The standard InChI is InChI=1S/C33H39NO13.ClH/c1-12-27(36)17(34)8-21(44-12)46-19-9-22(45-13(2)28(19)37)47-20-11-33(42,14(3)35)10-16-24(20)32(41)26-25(30(16)39)29(38)15-6-5-7-18(43-4)23(15)31(26)40;/h5-7,12-13,17,19-22,27-28,36-37,39,41-42H,8-11,34H2,1-4H3;1H/t12?,13?,17?,19?,20?,21?,22?,27?,28?,33-;/m0./s1. The average molecular weight is 694 g/mol. The molecule has 6 rings (SSSR count). The Labute approximate surface area is 282 Å². The third kappa shape index (κ3) is 5.88. The van der Waals surface area contributed by atoms with Crippen molar-refractivity contribution in [3.05, 3.63) is 51.6 Å². The lowest BCUT2D eigenvalue weighted by molar-refractivity contribution is -0.306. The molecule has 0 amide bonds. The number of aliphatic hydroxyl groups is 3. The van der Waals surface area contributed by atoms with Crippen LogP contribution < -0.4 is 10.5 Å². The van der Waals surface area contributed by atoms with Crippen LogP contribution in [0.25, 0.3) is 0 Å². The summed E-state index contributed by atoms with van der Waals surface area (Å²) in [5.74, 6) is -3.37. The molecule has 48 heavy (non-hydrogen) atoms. The second-order valence-electron chi connectivity index (χ2n) is 12.8. The molecule has 15 heteroatoms. The van der Waals surface area contributed by atoms with E-state index < -0.39 is 107 Å². The van der Waals surface area contributed by atoms with Gasteiger partial charge in [0.2, 0.25) is 5.78 Å². The molecule has 9 unspecified atom stereocenters. The molecule has 0 saturated carbocycles. The van der Waals surface area contributed by atoms with Crippen molar-refractivity contribution >= 4 is 29.8 Å². The molecule has 14 nitrogen and oxygen atoms in total. The summed E-state index contributed by atoms with van der Waals surface area (Å²) in [7, 11) is 1.33. The molecule has 0 spiro atoms. The number of methoxy groups -OCH3 is 1. The molecular weight excluding hydrogens is 654 g/mol. The van der Waals surface area contributed by atoms with Crippen LogP contribution in [0.4, 0.5) is 0 Å². The highest BCUT2D eigenvalue weighted by Gasteiger charge is 2.50. The van der Waals surface area contributed by atoms with E-state index >= 15 is 0 Å². The number of Topliss-reactive ketones (excluding diaryl/α,β-unsaturated/α-hetero) is 1. The van der Waals surface area contributed by atoms with Crippen molar-refractivity contribution in [2.45, 2.75) is 107 Å². The quantitative estimate of drug-likeness (QED) is 0.201. The number of hydrogen-bond acceptors (Lipinski definition) is 14. The van der Waals surface area contributed by atoms with Gasteiger partial charge in [-0.1, -0.05) is 12.1 Å². The van der Waals surface area contributed by atoms with Crippen LogP contribution in [0, 0.1) is 0 Å². The number of phenolic OH excluding ortho intramolecular Hbond substituents is 2. The van der Waals surface area contributed by atoms with Gasteiger partial charge in [-0.25, -0.2) is 0 Å². The van der Waals surface area contributed by atoms with Gasteiger partial charge in [0.1, 0.15) is 29.0 Å². The van der Waals surface area contributed by atoms with Crippen molar-refractivity contribution in [1.82, 2.24) is 0 Å². The fourth-order valence-electron chi connectivity index (χ4n) is 7.08. The van der Waals surface area contributed by atoms with Crippen LogP contribution >= 0.6 is 12.4 Å². The Hall–Kier alpha value is -3.18. The Kier molecular flexibility index (Phi) is 9.98. The van der Waals surface area contributed by atoms with Crippen molar-refractivity contribution in [2.24, 2.45) is 5.73 Å². The number of aromatic hydroxyl groups is 2. The third-order valence-electron chi connectivity index (χ3n) is 9.78. The average Bonchev–Trinajstić information content (AvgIpc) is 3.02. The highest BCUT2D eigenvalue weighted by atomic mass is 35.5. The van der Waals surface area contributed by atoms with Crippen molar-refractivity contribution in [3.63, 3.8) is 0 Å². The van der Waals surface area contributed by atoms with Gasteiger partial charge in [0.05, 0.1) is 54.3 Å². The Balaban J connectivity index is 0.00000451. The predicted molar refractivity (Wildman–Crippen MR) is 167 cm³/mol. The van der Waals surface area contributed by atoms with E-state index in [9.17, 15) is 39.9 Å². The summed E-state index contributed by atoms with van der Waals surface area (Å²) in [5.41, 5.74) is 2.72. The van der Waals surface area contributed by atoms with Crippen molar-refractivity contribution in [1.29, 1.82) is 0 Å². The molecule has 0 radical (unpaired) electrons. The number of ketones is 3. The van der Waals surface area contributed by atoms with Crippen LogP contribution in [0.15, 0.2) is 18.2 Å². The van der Waals surface area contributed by atoms with Gasteiger partial charge >= 0.3 is 0 Å². The number of carbonyl (C=O) groups excluding carboxylic acids is 3. The summed E-state index contributed by atoms with van der Waals surface area (Å²) in [4.78, 5) is 40.3. The minimum atomic E-state index is -2.07. The van der Waals surface area contributed by atoms with E-state index in [0.717, 1.165) is 0 Å². The molecule has 2 aliphatic heterocycles. The normalized spacial score (nSPS) is 34.4. The number of rotatable bonds is 6. The first kappa shape index (κ1) is 36.1. The second kappa shape index (κ2) is 13.3. The van der Waals surface area contributed by atoms with Gasteiger partial charge in [0, 0.05) is 48.4 Å². The van der Waals surface area contributed by atoms with E-state index in [0.29, 0.717) is 0 Å². The molecule has 2 aromatic rings. The fraction of sp³-hybridized carbons (Fsp3) is 0.545. The first-order valence-corrected chi connectivity index (χ1v) is 15.5. The number of hydrogen-bond donors (Lipinski definition) is 6. The number of benzene rings is 2. The van der Waals surface area contributed by atoms with E-state index in [4.69, 9.17) is 29.4 Å². The van der Waals surface area contributed by atoms with Crippen LogP contribution in [0.5, 0.6) is 17.2 Å². The number of phenols is 2. The zero-order valence-corrected chi connectivity index (χ0v) is 27.6. The molecule has 2 saturated heterocycles. The summed E-state index contributed by atoms with van der Waals surface area (Å²) < 4.78 is 29.3. The third-order valence-corrected chi connectivity index (χ3v) is 9.78. The fourth-order valence-corrected chi connectivity index (χ4v) is 7.08. The van der Waals surface area contributed by atoms with Gasteiger partial charge in [-0.2, -0.15) is 0 Å². The van der Waals surface area contributed by atoms with Gasteiger partial charge < -0.3 is 55.0 Å². The van der Waals surface area contributed by atoms with Crippen molar-refractivity contribution in [2.75, 3.05) is 7.11 Å². The van der Waals surface area contributed by atoms with Crippen LogP contribution in [0.3, 0.4) is 0 Å². The summed E-state index contributed by atoms with van der Waals surface area (Å²) in [6, 6.07) is 3.79. The zero-order chi connectivity index (χ0) is 34.1. The van der Waals surface area contributed by atoms with E-state index in [1.165, 1.54) is 32.2 Å². The number of aliphatic hydroxyl groups excluding tert-OH is 2. The van der Waals surface area contributed by atoms with Crippen LogP contribution in [0.1, 0.15) is 89.1 Å². The first-order valence-electron chi connectivity index (χ1n) is 15.5. The summed E-state index contributed by atoms with van der Waals surface area (Å²) in [5, 5.41) is 55.7. The molecule has 4 aliphatic rings. The molecular formula is C33H40ClNO13. The highest BCUT2D eigenvalue weighted by molar-refractivity contribution is 6.31. The lowest BCUT2D eigenvalue weighted by atomic mass is 9.72. The Morgan fingerprint density at radius 1 is 0.938 bits per heavy atom. The monoisotopic (exact) mass is 693 g/mol. The predicted octanol–water partition coefficient (Wildman–Crippen LogP) is 1.33. The summed E-state index contributed by atoms with van der Waals surface area (Å²) in [6.45, 7) is 4.41. The minimum Gasteiger partial charge on any atom is -0.507 e. The maximum atomic E-state index is 13.8.